The van der Waals surface area contributed by atoms with E-state index in [-0.39, 0.29) is 11.1 Å². The molecular formula is C22H24N6O. The second-order valence-electron chi connectivity index (χ2n) is 6.88. The van der Waals surface area contributed by atoms with E-state index in [2.05, 4.69) is 29.1 Å². The molecule has 0 saturated carbocycles. The van der Waals surface area contributed by atoms with Crippen molar-refractivity contribution < 1.29 is 0 Å². The van der Waals surface area contributed by atoms with Crippen LogP contribution >= 0.6 is 0 Å². The largest absolute Gasteiger partial charge is 0.342 e. The number of para-hydroxylation sites is 2. The average molecular weight is 388 g/mol. The molecule has 0 fully saturated rings. The third kappa shape index (κ3) is 3.51. The second kappa shape index (κ2) is 8.26. The van der Waals surface area contributed by atoms with Crippen molar-refractivity contribution in [2.45, 2.75) is 26.7 Å². The maximum atomic E-state index is 13.5. The Labute approximate surface area is 169 Å². The lowest BCUT2D eigenvalue weighted by atomic mass is 10.3. The third-order valence-electron chi connectivity index (χ3n) is 4.74. The molecule has 0 aliphatic carbocycles. The van der Waals surface area contributed by atoms with E-state index in [1.165, 1.54) is 0 Å². The highest BCUT2D eigenvalue weighted by molar-refractivity contribution is 5.73. The number of aromatic nitrogens is 5. The first kappa shape index (κ1) is 18.9. The van der Waals surface area contributed by atoms with E-state index < -0.39 is 0 Å². The summed E-state index contributed by atoms with van der Waals surface area (Å²) in [4.78, 5) is 20.6. The molecule has 0 atom stereocenters. The van der Waals surface area contributed by atoms with Crippen molar-refractivity contribution in [2.24, 2.45) is 0 Å². The molecule has 4 rings (SSSR count). The second-order valence-corrected chi connectivity index (χ2v) is 6.88. The van der Waals surface area contributed by atoms with Gasteiger partial charge in [0.1, 0.15) is 0 Å². The Morgan fingerprint density at radius 1 is 0.862 bits per heavy atom. The van der Waals surface area contributed by atoms with E-state index in [0.717, 1.165) is 37.3 Å². The van der Waals surface area contributed by atoms with Crippen molar-refractivity contribution in [1.82, 2.24) is 24.5 Å². The summed E-state index contributed by atoms with van der Waals surface area (Å²) in [5.41, 5.74) is 2.11. The molecule has 0 radical (unpaired) electrons. The zero-order valence-corrected chi connectivity index (χ0v) is 16.7. The molecule has 7 nitrogen and oxygen atoms in total. The minimum atomic E-state index is -0.212. The lowest BCUT2D eigenvalue weighted by molar-refractivity contribution is 0.703. The SMILES string of the molecule is CCCN(CCC)c1nc2c(nnn2-c2ccccc2)c(=O)n1-c1ccccc1. The van der Waals surface area contributed by atoms with E-state index in [1.807, 2.05) is 60.7 Å². The van der Waals surface area contributed by atoms with Gasteiger partial charge in [-0.3, -0.25) is 4.79 Å². The summed E-state index contributed by atoms with van der Waals surface area (Å²) in [6, 6.07) is 19.2. The molecule has 0 amide bonds. The molecule has 4 aromatic rings. The fraction of sp³-hybridized carbons (Fsp3) is 0.273. The molecule has 2 aromatic heterocycles. The Hall–Kier alpha value is -3.48. The van der Waals surface area contributed by atoms with Crippen molar-refractivity contribution in [3.8, 4) is 11.4 Å². The average Bonchev–Trinajstić information content (AvgIpc) is 3.19. The lowest BCUT2D eigenvalue weighted by Gasteiger charge is -2.25. The zero-order chi connectivity index (χ0) is 20.2. The first-order chi connectivity index (χ1) is 14.2. The predicted octanol–water partition coefficient (Wildman–Crippen LogP) is 3.59. The van der Waals surface area contributed by atoms with Gasteiger partial charge in [-0.25, -0.2) is 4.57 Å². The van der Waals surface area contributed by atoms with Crippen LogP contribution in [0.2, 0.25) is 0 Å². The highest BCUT2D eigenvalue weighted by atomic mass is 16.1. The van der Waals surface area contributed by atoms with Crippen LogP contribution in [0.3, 0.4) is 0 Å². The molecule has 2 aromatic carbocycles. The molecule has 0 aliphatic heterocycles. The van der Waals surface area contributed by atoms with Gasteiger partial charge in [-0.2, -0.15) is 9.67 Å². The Morgan fingerprint density at radius 2 is 1.45 bits per heavy atom. The number of nitrogens with zero attached hydrogens (tertiary/aromatic N) is 6. The first-order valence-electron chi connectivity index (χ1n) is 9.98. The quantitative estimate of drug-likeness (QED) is 0.484. The Bertz CT molecular complexity index is 1140. The topological polar surface area (TPSA) is 68.8 Å². The predicted molar refractivity (Wildman–Crippen MR) is 115 cm³/mol. The maximum absolute atomic E-state index is 13.5. The molecule has 0 saturated heterocycles. The summed E-state index contributed by atoms with van der Waals surface area (Å²) in [7, 11) is 0. The van der Waals surface area contributed by atoms with Gasteiger partial charge in [0.05, 0.1) is 11.4 Å². The van der Waals surface area contributed by atoms with Gasteiger partial charge < -0.3 is 4.90 Å². The van der Waals surface area contributed by atoms with Crippen molar-refractivity contribution in [2.75, 3.05) is 18.0 Å². The molecule has 148 valence electrons. The van der Waals surface area contributed by atoms with E-state index in [1.54, 1.807) is 9.25 Å². The van der Waals surface area contributed by atoms with Gasteiger partial charge in [0, 0.05) is 13.1 Å². The van der Waals surface area contributed by atoms with Crippen molar-refractivity contribution in [3.05, 3.63) is 71.0 Å². The van der Waals surface area contributed by atoms with Crippen molar-refractivity contribution >= 4 is 17.1 Å². The number of benzene rings is 2. The molecule has 29 heavy (non-hydrogen) atoms. The van der Waals surface area contributed by atoms with Crippen LogP contribution in [0, 0.1) is 0 Å². The molecule has 7 heteroatoms. The van der Waals surface area contributed by atoms with Crippen LogP contribution in [0.4, 0.5) is 5.95 Å². The molecule has 0 unspecified atom stereocenters. The van der Waals surface area contributed by atoms with E-state index in [9.17, 15) is 4.79 Å². The Kier molecular flexibility index (Phi) is 5.37. The van der Waals surface area contributed by atoms with Gasteiger partial charge in [0.15, 0.2) is 11.2 Å². The third-order valence-corrected chi connectivity index (χ3v) is 4.74. The van der Waals surface area contributed by atoms with Crippen LogP contribution in [0.1, 0.15) is 26.7 Å². The molecule has 0 bridgehead atoms. The first-order valence-corrected chi connectivity index (χ1v) is 9.98. The summed E-state index contributed by atoms with van der Waals surface area (Å²) in [6.07, 6.45) is 1.91. The minimum Gasteiger partial charge on any atom is -0.342 e. The number of hydrogen-bond acceptors (Lipinski definition) is 5. The van der Waals surface area contributed by atoms with Crippen LogP contribution in [0.5, 0.6) is 0 Å². The summed E-state index contributed by atoms with van der Waals surface area (Å²) >= 11 is 0. The van der Waals surface area contributed by atoms with Gasteiger partial charge in [-0.15, -0.1) is 5.10 Å². The summed E-state index contributed by atoms with van der Waals surface area (Å²) in [5, 5.41) is 8.40. The summed E-state index contributed by atoms with van der Waals surface area (Å²) < 4.78 is 3.28. The van der Waals surface area contributed by atoms with Crippen LogP contribution in [0.15, 0.2) is 65.5 Å². The van der Waals surface area contributed by atoms with Crippen LogP contribution in [-0.2, 0) is 0 Å². The maximum Gasteiger partial charge on any atom is 0.289 e. The summed E-state index contributed by atoms with van der Waals surface area (Å²) in [6.45, 7) is 5.88. The van der Waals surface area contributed by atoms with Gasteiger partial charge in [-0.1, -0.05) is 55.5 Å². The monoisotopic (exact) mass is 388 g/mol. The molecule has 0 spiro atoms. The van der Waals surface area contributed by atoms with Gasteiger partial charge >= 0.3 is 0 Å². The van der Waals surface area contributed by atoms with E-state index >= 15 is 0 Å². The smallest absolute Gasteiger partial charge is 0.289 e. The number of anilines is 1. The lowest BCUT2D eigenvalue weighted by Crippen LogP contribution is -2.33. The van der Waals surface area contributed by atoms with Crippen LogP contribution < -0.4 is 10.5 Å². The van der Waals surface area contributed by atoms with Gasteiger partial charge in [-0.05, 0) is 37.1 Å². The highest BCUT2D eigenvalue weighted by Crippen LogP contribution is 2.21. The number of fused-ring (bicyclic) bond motifs is 1. The standard InChI is InChI=1S/C22H24N6O/c1-3-15-26(16-4-2)22-23-20-19(21(29)27(22)17-11-7-5-8-12-17)24-25-28(20)18-13-9-6-10-14-18/h5-14H,3-4,15-16H2,1-2H3. The fourth-order valence-electron chi connectivity index (χ4n) is 3.47. The molecule has 0 N–H and O–H groups in total. The van der Waals surface area contributed by atoms with Gasteiger partial charge in [0.25, 0.3) is 5.56 Å². The number of hydrogen-bond donors (Lipinski definition) is 0. The van der Waals surface area contributed by atoms with Crippen LogP contribution in [0.25, 0.3) is 22.5 Å². The van der Waals surface area contributed by atoms with Crippen molar-refractivity contribution in [3.63, 3.8) is 0 Å². The Morgan fingerprint density at radius 3 is 2.03 bits per heavy atom. The zero-order valence-electron chi connectivity index (χ0n) is 16.7. The van der Waals surface area contributed by atoms with E-state index in [4.69, 9.17) is 4.98 Å². The number of rotatable bonds is 7. The highest BCUT2D eigenvalue weighted by Gasteiger charge is 2.21. The molecular weight excluding hydrogens is 364 g/mol. The van der Waals surface area contributed by atoms with Crippen molar-refractivity contribution in [1.29, 1.82) is 0 Å². The fourth-order valence-corrected chi connectivity index (χ4v) is 3.47. The Balaban J connectivity index is 2.02. The normalized spacial score (nSPS) is 11.1. The molecule has 2 heterocycles. The van der Waals surface area contributed by atoms with Crippen LogP contribution in [-0.4, -0.2) is 37.6 Å². The van der Waals surface area contributed by atoms with E-state index in [0.29, 0.717) is 11.6 Å². The molecule has 0 aliphatic rings. The minimum absolute atomic E-state index is 0.212. The van der Waals surface area contributed by atoms with Gasteiger partial charge in [0.2, 0.25) is 5.95 Å². The summed E-state index contributed by atoms with van der Waals surface area (Å²) in [5.74, 6) is 0.622.